The van der Waals surface area contributed by atoms with Gasteiger partial charge in [0.15, 0.2) is 0 Å². The van der Waals surface area contributed by atoms with Crippen molar-refractivity contribution >= 4 is 11.5 Å². The Morgan fingerprint density at radius 2 is 1.80 bits per heavy atom. The van der Waals surface area contributed by atoms with Gasteiger partial charge in [-0.1, -0.05) is 12.1 Å². The van der Waals surface area contributed by atoms with Gasteiger partial charge >= 0.3 is 0 Å². The first-order chi connectivity index (χ1) is 9.54. The standard InChI is InChI=1S/C17H23N3/c1-13-11-14(2)19-17(12-13)20(3)10-4-5-15-6-8-16(18)9-7-15/h6-9,11-12H,4-5,10,18H2,1-3H3. The van der Waals surface area contributed by atoms with Gasteiger partial charge < -0.3 is 10.6 Å². The van der Waals surface area contributed by atoms with Crippen LogP contribution < -0.4 is 10.6 Å². The van der Waals surface area contributed by atoms with Crippen molar-refractivity contribution in [1.29, 1.82) is 0 Å². The second kappa shape index (κ2) is 6.42. The number of benzene rings is 1. The summed E-state index contributed by atoms with van der Waals surface area (Å²) in [4.78, 5) is 6.80. The third-order valence-electron chi connectivity index (χ3n) is 3.41. The highest BCUT2D eigenvalue weighted by Crippen LogP contribution is 2.14. The molecule has 1 heterocycles. The fraction of sp³-hybridized carbons (Fsp3) is 0.353. The third-order valence-corrected chi connectivity index (χ3v) is 3.41. The summed E-state index contributed by atoms with van der Waals surface area (Å²) < 4.78 is 0. The summed E-state index contributed by atoms with van der Waals surface area (Å²) in [7, 11) is 2.10. The number of nitrogens with zero attached hydrogens (tertiary/aromatic N) is 2. The maximum Gasteiger partial charge on any atom is 0.128 e. The first kappa shape index (κ1) is 14.4. The Labute approximate surface area is 121 Å². The van der Waals surface area contributed by atoms with Gasteiger partial charge in [0.2, 0.25) is 0 Å². The SMILES string of the molecule is Cc1cc(C)nc(N(C)CCCc2ccc(N)cc2)c1. The van der Waals surface area contributed by atoms with E-state index in [-0.39, 0.29) is 0 Å². The second-order valence-corrected chi connectivity index (χ2v) is 5.41. The number of aryl methyl sites for hydroxylation is 3. The van der Waals surface area contributed by atoms with Crippen LogP contribution in [0, 0.1) is 13.8 Å². The maximum absolute atomic E-state index is 5.69. The van der Waals surface area contributed by atoms with E-state index in [0.29, 0.717) is 0 Å². The van der Waals surface area contributed by atoms with E-state index in [1.165, 1.54) is 11.1 Å². The summed E-state index contributed by atoms with van der Waals surface area (Å²) in [6.07, 6.45) is 2.17. The highest BCUT2D eigenvalue weighted by atomic mass is 15.2. The average molecular weight is 269 g/mol. The molecule has 0 aliphatic rings. The van der Waals surface area contributed by atoms with Gasteiger partial charge in [-0.2, -0.15) is 0 Å². The van der Waals surface area contributed by atoms with Crippen LogP contribution in [0.1, 0.15) is 23.2 Å². The molecular formula is C17H23N3. The molecule has 3 nitrogen and oxygen atoms in total. The Morgan fingerprint density at radius 1 is 1.10 bits per heavy atom. The zero-order valence-corrected chi connectivity index (χ0v) is 12.6. The minimum Gasteiger partial charge on any atom is -0.399 e. The Bertz CT molecular complexity index is 541. The summed E-state index contributed by atoms with van der Waals surface area (Å²) >= 11 is 0. The predicted molar refractivity (Wildman–Crippen MR) is 86.2 cm³/mol. The van der Waals surface area contributed by atoms with Gasteiger partial charge in [0.05, 0.1) is 0 Å². The quantitative estimate of drug-likeness (QED) is 0.846. The first-order valence-electron chi connectivity index (χ1n) is 7.05. The molecule has 0 saturated heterocycles. The van der Waals surface area contributed by atoms with Crippen LogP contribution in [0.3, 0.4) is 0 Å². The normalized spacial score (nSPS) is 10.6. The highest BCUT2D eigenvalue weighted by Gasteiger charge is 2.04. The van der Waals surface area contributed by atoms with Gasteiger partial charge in [0.25, 0.3) is 0 Å². The van der Waals surface area contributed by atoms with E-state index in [9.17, 15) is 0 Å². The van der Waals surface area contributed by atoms with Crippen molar-refractivity contribution in [3.63, 3.8) is 0 Å². The van der Waals surface area contributed by atoms with E-state index < -0.39 is 0 Å². The number of nitrogens with two attached hydrogens (primary N) is 1. The summed E-state index contributed by atoms with van der Waals surface area (Å²) in [5.41, 5.74) is 10.2. The van der Waals surface area contributed by atoms with Gasteiger partial charge in [-0.05, 0) is 62.1 Å². The molecule has 2 aromatic rings. The van der Waals surface area contributed by atoms with Crippen LogP contribution in [0.15, 0.2) is 36.4 Å². The van der Waals surface area contributed by atoms with E-state index in [4.69, 9.17) is 5.73 Å². The van der Waals surface area contributed by atoms with Gasteiger partial charge in [0, 0.05) is 25.0 Å². The molecule has 1 aromatic heterocycles. The van der Waals surface area contributed by atoms with Crippen LogP contribution in [0.5, 0.6) is 0 Å². The van der Waals surface area contributed by atoms with Crippen molar-refractivity contribution in [2.45, 2.75) is 26.7 Å². The molecular weight excluding hydrogens is 246 g/mol. The number of hydrogen-bond acceptors (Lipinski definition) is 3. The van der Waals surface area contributed by atoms with Crippen molar-refractivity contribution < 1.29 is 0 Å². The van der Waals surface area contributed by atoms with Crippen molar-refractivity contribution in [3.05, 3.63) is 53.2 Å². The number of anilines is 2. The van der Waals surface area contributed by atoms with Crippen LogP contribution in [0.4, 0.5) is 11.5 Å². The van der Waals surface area contributed by atoms with Gasteiger partial charge in [-0.3, -0.25) is 0 Å². The summed E-state index contributed by atoms with van der Waals surface area (Å²) in [6, 6.07) is 12.4. The largest absolute Gasteiger partial charge is 0.399 e. The van der Waals surface area contributed by atoms with Gasteiger partial charge in [0.1, 0.15) is 5.82 Å². The molecule has 0 aliphatic heterocycles. The Hall–Kier alpha value is -2.03. The number of pyridine rings is 1. The minimum atomic E-state index is 0.824. The Balaban J connectivity index is 1.88. The number of rotatable bonds is 5. The lowest BCUT2D eigenvalue weighted by Gasteiger charge is -2.19. The molecule has 0 atom stereocenters. The second-order valence-electron chi connectivity index (χ2n) is 5.41. The summed E-state index contributed by atoms with van der Waals surface area (Å²) in [6.45, 7) is 5.15. The van der Waals surface area contributed by atoms with Crippen molar-refractivity contribution in [1.82, 2.24) is 4.98 Å². The average Bonchev–Trinajstić information content (AvgIpc) is 2.40. The fourth-order valence-corrected chi connectivity index (χ4v) is 2.33. The Kier molecular flexibility index (Phi) is 4.61. The molecule has 0 fully saturated rings. The third kappa shape index (κ3) is 3.98. The van der Waals surface area contributed by atoms with Crippen LogP contribution in [0.25, 0.3) is 0 Å². The van der Waals surface area contributed by atoms with E-state index >= 15 is 0 Å². The lowest BCUT2D eigenvalue weighted by atomic mass is 10.1. The number of nitrogen functional groups attached to an aromatic ring is 1. The summed E-state index contributed by atoms with van der Waals surface area (Å²) in [5.74, 6) is 1.06. The molecule has 0 radical (unpaired) electrons. The van der Waals surface area contributed by atoms with Crippen LogP contribution in [-0.4, -0.2) is 18.6 Å². The van der Waals surface area contributed by atoms with E-state index in [1.54, 1.807) is 0 Å². The fourth-order valence-electron chi connectivity index (χ4n) is 2.33. The van der Waals surface area contributed by atoms with Crippen LogP contribution in [0.2, 0.25) is 0 Å². The molecule has 0 bridgehead atoms. The molecule has 2 rings (SSSR count). The lowest BCUT2D eigenvalue weighted by molar-refractivity contribution is 0.775. The van der Waals surface area contributed by atoms with Crippen LogP contribution in [-0.2, 0) is 6.42 Å². The predicted octanol–water partition coefficient (Wildman–Crippen LogP) is 3.35. The Morgan fingerprint density at radius 3 is 2.45 bits per heavy atom. The molecule has 0 spiro atoms. The van der Waals surface area contributed by atoms with E-state index in [0.717, 1.165) is 36.6 Å². The van der Waals surface area contributed by atoms with E-state index in [2.05, 4.69) is 48.1 Å². The summed E-state index contributed by atoms with van der Waals surface area (Å²) in [5, 5.41) is 0. The molecule has 3 heteroatoms. The zero-order valence-electron chi connectivity index (χ0n) is 12.6. The zero-order chi connectivity index (χ0) is 14.5. The minimum absolute atomic E-state index is 0.824. The molecule has 106 valence electrons. The van der Waals surface area contributed by atoms with Crippen molar-refractivity contribution in [2.24, 2.45) is 0 Å². The topological polar surface area (TPSA) is 42.2 Å². The molecule has 20 heavy (non-hydrogen) atoms. The van der Waals surface area contributed by atoms with Gasteiger partial charge in [-0.25, -0.2) is 4.98 Å². The molecule has 1 aromatic carbocycles. The maximum atomic E-state index is 5.69. The first-order valence-corrected chi connectivity index (χ1v) is 7.05. The van der Waals surface area contributed by atoms with Crippen molar-refractivity contribution in [2.75, 3.05) is 24.2 Å². The monoisotopic (exact) mass is 269 g/mol. The number of aromatic nitrogens is 1. The molecule has 0 aliphatic carbocycles. The molecule has 2 N–H and O–H groups in total. The highest BCUT2D eigenvalue weighted by molar-refractivity contribution is 5.41. The van der Waals surface area contributed by atoms with Crippen LogP contribution >= 0.6 is 0 Å². The number of hydrogen-bond donors (Lipinski definition) is 1. The lowest BCUT2D eigenvalue weighted by Crippen LogP contribution is -2.20. The molecule has 0 amide bonds. The van der Waals surface area contributed by atoms with Gasteiger partial charge in [-0.15, -0.1) is 0 Å². The molecule has 0 saturated carbocycles. The van der Waals surface area contributed by atoms with E-state index in [1.807, 2.05) is 19.1 Å². The smallest absolute Gasteiger partial charge is 0.128 e. The molecule has 0 unspecified atom stereocenters. The van der Waals surface area contributed by atoms with Crippen molar-refractivity contribution in [3.8, 4) is 0 Å².